The van der Waals surface area contributed by atoms with Gasteiger partial charge in [0.05, 0.1) is 6.67 Å². The number of nitrogens with zero attached hydrogens (tertiary/aromatic N) is 3. The molecule has 0 bridgehead atoms. The predicted octanol–water partition coefficient (Wildman–Crippen LogP) is 5.03. The Hall–Kier alpha value is -0.680. The van der Waals surface area contributed by atoms with E-state index in [4.69, 9.17) is 11.6 Å². The van der Waals surface area contributed by atoms with E-state index in [0.29, 0.717) is 17.0 Å². The molecule has 2 saturated heterocycles. The summed E-state index contributed by atoms with van der Waals surface area (Å²) in [7, 11) is 2.32. The molecule has 3 nitrogen and oxygen atoms in total. The van der Waals surface area contributed by atoms with E-state index in [1.165, 1.54) is 70.5 Å². The smallest absolute Gasteiger partial charge is 0.123 e. The fourth-order valence-electron chi connectivity index (χ4n) is 5.66. The van der Waals surface area contributed by atoms with Gasteiger partial charge in [-0.05, 0) is 88.3 Å². The molecule has 1 saturated carbocycles. The summed E-state index contributed by atoms with van der Waals surface area (Å²) in [4.78, 5) is 7.99. The molecule has 0 radical (unpaired) electrons. The van der Waals surface area contributed by atoms with Crippen LogP contribution in [-0.2, 0) is 6.42 Å². The SMILES string of the molecule is CN1CN(C2CCCCC2)CCC1CN1CCC(Cc2cc(F)ccc2Cl)CC1. The van der Waals surface area contributed by atoms with Crippen LogP contribution < -0.4 is 0 Å². The van der Waals surface area contributed by atoms with Gasteiger partial charge in [-0.15, -0.1) is 0 Å². The van der Waals surface area contributed by atoms with Crippen LogP contribution in [0.1, 0.15) is 56.9 Å². The Labute approximate surface area is 181 Å². The molecule has 1 unspecified atom stereocenters. The molecule has 1 aliphatic carbocycles. The lowest BCUT2D eigenvalue weighted by Crippen LogP contribution is -2.56. The number of rotatable bonds is 5. The summed E-state index contributed by atoms with van der Waals surface area (Å²) in [6, 6.07) is 6.27. The minimum Gasteiger partial charge on any atom is -0.302 e. The van der Waals surface area contributed by atoms with Crippen LogP contribution in [0.25, 0.3) is 0 Å². The third-order valence-corrected chi connectivity index (χ3v) is 7.93. The van der Waals surface area contributed by atoms with Crippen molar-refractivity contribution in [3.05, 3.63) is 34.6 Å². The second-order valence-corrected chi connectivity index (χ2v) is 10.0. The van der Waals surface area contributed by atoms with E-state index in [9.17, 15) is 4.39 Å². The molecule has 2 heterocycles. The van der Waals surface area contributed by atoms with Crippen molar-refractivity contribution in [2.45, 2.75) is 69.9 Å². The number of hydrogen-bond acceptors (Lipinski definition) is 3. The number of hydrogen-bond donors (Lipinski definition) is 0. The molecule has 1 atom stereocenters. The second-order valence-electron chi connectivity index (χ2n) is 9.63. The zero-order chi connectivity index (χ0) is 20.2. The molecule has 3 fully saturated rings. The Bertz CT molecular complexity index is 656. The number of benzene rings is 1. The summed E-state index contributed by atoms with van der Waals surface area (Å²) in [5.41, 5.74) is 0.972. The molecule has 2 aliphatic heterocycles. The molecular formula is C24H37ClFN3. The van der Waals surface area contributed by atoms with Crippen molar-refractivity contribution in [1.29, 1.82) is 0 Å². The van der Waals surface area contributed by atoms with Crippen LogP contribution in [-0.4, -0.2) is 66.7 Å². The third-order valence-electron chi connectivity index (χ3n) is 7.56. The first-order chi connectivity index (χ1) is 14.1. The van der Waals surface area contributed by atoms with E-state index >= 15 is 0 Å². The summed E-state index contributed by atoms with van der Waals surface area (Å²) in [5, 5.41) is 0.709. The lowest BCUT2D eigenvalue weighted by atomic mass is 9.89. The van der Waals surface area contributed by atoms with Crippen LogP contribution in [0.15, 0.2) is 18.2 Å². The van der Waals surface area contributed by atoms with E-state index in [1.54, 1.807) is 12.1 Å². The monoisotopic (exact) mass is 421 g/mol. The predicted molar refractivity (Wildman–Crippen MR) is 119 cm³/mol. The molecule has 0 spiro atoms. The van der Waals surface area contributed by atoms with Gasteiger partial charge in [-0.1, -0.05) is 30.9 Å². The Morgan fingerprint density at radius 3 is 2.48 bits per heavy atom. The Kier molecular flexibility index (Phi) is 7.49. The molecule has 162 valence electrons. The average Bonchev–Trinajstić information content (AvgIpc) is 2.74. The number of halogens is 2. The van der Waals surface area contributed by atoms with Gasteiger partial charge in [-0.25, -0.2) is 4.39 Å². The Morgan fingerprint density at radius 1 is 1.00 bits per heavy atom. The number of likely N-dealkylation sites (tertiary alicyclic amines) is 1. The highest BCUT2D eigenvalue weighted by Gasteiger charge is 2.31. The maximum atomic E-state index is 13.5. The van der Waals surface area contributed by atoms with Crippen LogP contribution in [0.3, 0.4) is 0 Å². The highest BCUT2D eigenvalue weighted by atomic mass is 35.5. The van der Waals surface area contributed by atoms with Gasteiger partial charge in [-0.2, -0.15) is 0 Å². The summed E-state index contributed by atoms with van der Waals surface area (Å²) in [6.07, 6.45) is 11.7. The average molecular weight is 422 g/mol. The second kappa shape index (κ2) is 10.1. The van der Waals surface area contributed by atoms with E-state index in [1.807, 2.05) is 0 Å². The fraction of sp³-hybridized carbons (Fsp3) is 0.750. The lowest BCUT2D eigenvalue weighted by molar-refractivity contribution is 0.00326. The van der Waals surface area contributed by atoms with Gasteiger partial charge in [0.1, 0.15) is 5.82 Å². The van der Waals surface area contributed by atoms with Gasteiger partial charge < -0.3 is 4.90 Å². The first kappa shape index (κ1) is 21.5. The van der Waals surface area contributed by atoms with Crippen LogP contribution >= 0.6 is 11.6 Å². The van der Waals surface area contributed by atoms with Crippen LogP contribution in [0, 0.1) is 11.7 Å². The van der Waals surface area contributed by atoms with Crippen LogP contribution in [0.2, 0.25) is 5.02 Å². The molecule has 0 N–H and O–H groups in total. The molecule has 1 aromatic rings. The lowest BCUT2D eigenvalue weighted by Gasteiger charge is -2.46. The molecule has 1 aromatic carbocycles. The van der Waals surface area contributed by atoms with Crippen LogP contribution in [0.5, 0.6) is 0 Å². The van der Waals surface area contributed by atoms with Crippen molar-refractivity contribution in [1.82, 2.24) is 14.7 Å². The minimum atomic E-state index is -0.176. The van der Waals surface area contributed by atoms with Gasteiger partial charge in [-0.3, -0.25) is 9.80 Å². The third kappa shape index (κ3) is 5.72. The molecular weight excluding hydrogens is 385 g/mol. The molecule has 0 amide bonds. The standard InChI is InChI=1S/C24H37ClFN3/c1-27-18-29(22-5-3-2-4-6-22)14-11-23(27)17-28-12-9-19(10-13-28)15-20-16-21(26)7-8-24(20)25/h7-8,16,19,22-23H,2-6,9-15,17-18H2,1H3. The van der Waals surface area contributed by atoms with Gasteiger partial charge in [0.25, 0.3) is 0 Å². The largest absolute Gasteiger partial charge is 0.302 e. The molecule has 0 aromatic heterocycles. The molecule has 4 rings (SSSR count). The maximum Gasteiger partial charge on any atom is 0.123 e. The van der Waals surface area contributed by atoms with Gasteiger partial charge in [0, 0.05) is 30.2 Å². The van der Waals surface area contributed by atoms with E-state index in [2.05, 4.69) is 21.7 Å². The molecule has 29 heavy (non-hydrogen) atoms. The van der Waals surface area contributed by atoms with E-state index in [-0.39, 0.29) is 5.82 Å². The van der Waals surface area contributed by atoms with Gasteiger partial charge in [0.2, 0.25) is 0 Å². The maximum absolute atomic E-state index is 13.5. The van der Waals surface area contributed by atoms with Gasteiger partial charge >= 0.3 is 0 Å². The fourth-order valence-corrected chi connectivity index (χ4v) is 5.86. The van der Waals surface area contributed by atoms with Crippen molar-refractivity contribution in [3.63, 3.8) is 0 Å². The summed E-state index contributed by atoms with van der Waals surface area (Å²) in [5.74, 6) is 0.445. The van der Waals surface area contributed by atoms with Gasteiger partial charge in [0.15, 0.2) is 0 Å². The van der Waals surface area contributed by atoms with Crippen molar-refractivity contribution in [2.75, 3.05) is 39.9 Å². The van der Waals surface area contributed by atoms with E-state index in [0.717, 1.165) is 37.8 Å². The number of piperidine rings is 1. The van der Waals surface area contributed by atoms with Crippen molar-refractivity contribution >= 4 is 11.6 Å². The van der Waals surface area contributed by atoms with E-state index < -0.39 is 0 Å². The van der Waals surface area contributed by atoms with Crippen molar-refractivity contribution in [2.24, 2.45) is 5.92 Å². The van der Waals surface area contributed by atoms with Crippen molar-refractivity contribution < 1.29 is 4.39 Å². The Morgan fingerprint density at radius 2 is 1.76 bits per heavy atom. The molecule has 5 heteroatoms. The first-order valence-corrected chi connectivity index (χ1v) is 12.1. The van der Waals surface area contributed by atoms with Crippen molar-refractivity contribution in [3.8, 4) is 0 Å². The summed E-state index contributed by atoms with van der Waals surface area (Å²) in [6.45, 7) is 5.93. The topological polar surface area (TPSA) is 9.72 Å². The normalized spacial score (nSPS) is 26.8. The first-order valence-electron chi connectivity index (χ1n) is 11.7. The summed E-state index contributed by atoms with van der Waals surface area (Å²) >= 11 is 6.27. The summed E-state index contributed by atoms with van der Waals surface area (Å²) < 4.78 is 13.5. The quantitative estimate of drug-likeness (QED) is 0.660. The molecule has 3 aliphatic rings. The van der Waals surface area contributed by atoms with Crippen LogP contribution in [0.4, 0.5) is 4.39 Å². The zero-order valence-corrected chi connectivity index (χ0v) is 18.7. The highest BCUT2D eigenvalue weighted by molar-refractivity contribution is 6.31. The highest BCUT2D eigenvalue weighted by Crippen LogP contribution is 2.28. The number of likely N-dealkylation sites (N-methyl/N-ethyl adjacent to an activating group) is 1. The minimum absolute atomic E-state index is 0.176. The Balaban J connectivity index is 1.21. The zero-order valence-electron chi connectivity index (χ0n) is 18.0.